The number of fused-ring (bicyclic) bond motifs is 1. The van der Waals surface area contributed by atoms with Crippen LogP contribution in [0, 0.1) is 12.7 Å². The van der Waals surface area contributed by atoms with Gasteiger partial charge in [-0.2, -0.15) is 5.10 Å². The van der Waals surface area contributed by atoms with E-state index in [2.05, 4.69) is 10.4 Å². The SMILES string of the molecule is Cc1cc(CC(=O)O)c(F)cc1-c1cc2sc(-c3cnn(C)c3NC(=O)OC(C)c3ccccc3)cc2s1. The zero-order valence-electron chi connectivity index (χ0n) is 20.8. The van der Waals surface area contributed by atoms with E-state index in [0.717, 1.165) is 41.4 Å². The van der Waals surface area contributed by atoms with Crippen molar-refractivity contribution >= 4 is 50.0 Å². The number of carbonyl (C=O) groups excluding carboxylic acids is 1. The Balaban J connectivity index is 1.37. The van der Waals surface area contributed by atoms with Gasteiger partial charge in [-0.15, -0.1) is 22.7 Å². The lowest BCUT2D eigenvalue weighted by molar-refractivity contribution is -0.136. The standard InChI is InChI=1S/C28H24FN3O4S2/c1-15-9-18(10-26(33)34)21(29)11-19(15)22-12-24-25(37-22)13-23(38-24)20-14-30-32(3)27(20)31-28(35)36-16(2)17-7-5-4-6-8-17/h4-9,11-14,16H,10H2,1-3H3,(H,31,35)(H,33,34). The molecule has 0 bridgehead atoms. The van der Waals surface area contributed by atoms with Crippen LogP contribution in [0.4, 0.5) is 15.0 Å². The Labute approximate surface area is 226 Å². The molecule has 1 amide bonds. The van der Waals surface area contributed by atoms with Crippen molar-refractivity contribution in [3.8, 4) is 20.9 Å². The van der Waals surface area contributed by atoms with Crippen molar-refractivity contribution in [1.29, 1.82) is 0 Å². The minimum atomic E-state index is -1.07. The normalized spacial score (nSPS) is 12.0. The number of anilines is 1. The van der Waals surface area contributed by atoms with Gasteiger partial charge in [-0.05, 0) is 54.3 Å². The van der Waals surface area contributed by atoms with E-state index in [1.807, 2.05) is 56.3 Å². The van der Waals surface area contributed by atoms with Gasteiger partial charge >= 0.3 is 12.1 Å². The number of thiophene rings is 2. The number of carboxylic acid groups (broad SMARTS) is 1. The molecule has 0 saturated carbocycles. The monoisotopic (exact) mass is 549 g/mol. The maximum atomic E-state index is 14.6. The Morgan fingerprint density at radius 1 is 1.08 bits per heavy atom. The fourth-order valence-electron chi connectivity index (χ4n) is 4.25. The van der Waals surface area contributed by atoms with E-state index in [9.17, 15) is 14.0 Å². The summed E-state index contributed by atoms with van der Waals surface area (Å²) in [6.45, 7) is 3.67. The molecule has 0 aliphatic carbocycles. The van der Waals surface area contributed by atoms with Gasteiger partial charge < -0.3 is 9.84 Å². The molecule has 0 fully saturated rings. The molecule has 38 heavy (non-hydrogen) atoms. The van der Waals surface area contributed by atoms with Gasteiger partial charge in [0, 0.05) is 26.2 Å². The molecule has 0 spiro atoms. The fourth-order valence-corrected chi connectivity index (χ4v) is 6.74. The number of rotatable bonds is 7. The zero-order chi connectivity index (χ0) is 27.0. The molecule has 1 unspecified atom stereocenters. The first-order valence-electron chi connectivity index (χ1n) is 11.8. The number of nitrogens with one attached hydrogen (secondary N) is 1. The van der Waals surface area contributed by atoms with Crippen LogP contribution in [0.1, 0.15) is 29.7 Å². The van der Waals surface area contributed by atoms with E-state index in [-0.39, 0.29) is 12.0 Å². The van der Waals surface area contributed by atoms with Crippen LogP contribution < -0.4 is 5.32 Å². The van der Waals surface area contributed by atoms with Crippen molar-refractivity contribution in [2.45, 2.75) is 26.4 Å². The van der Waals surface area contributed by atoms with Crippen molar-refractivity contribution in [2.75, 3.05) is 5.32 Å². The van der Waals surface area contributed by atoms with Crippen LogP contribution in [0.25, 0.3) is 30.3 Å². The predicted molar refractivity (Wildman–Crippen MR) is 148 cm³/mol. The molecule has 3 aromatic heterocycles. The second kappa shape index (κ2) is 10.4. The average molecular weight is 550 g/mol. The van der Waals surface area contributed by atoms with Gasteiger partial charge in [-0.25, -0.2) is 9.18 Å². The molecule has 1 atom stereocenters. The van der Waals surface area contributed by atoms with Gasteiger partial charge in [0.25, 0.3) is 0 Å². The number of aliphatic carboxylic acids is 1. The lowest BCUT2D eigenvalue weighted by Crippen LogP contribution is -2.18. The first kappa shape index (κ1) is 25.6. The maximum absolute atomic E-state index is 14.6. The summed E-state index contributed by atoms with van der Waals surface area (Å²) >= 11 is 3.08. The second-order valence-corrected chi connectivity index (χ2v) is 11.1. The molecule has 5 aromatic rings. The molecule has 194 valence electrons. The molecule has 0 aliphatic rings. The van der Waals surface area contributed by atoms with Gasteiger partial charge in [0.2, 0.25) is 0 Å². The number of hydrogen-bond acceptors (Lipinski definition) is 6. The number of carbonyl (C=O) groups is 2. The Hall–Kier alpha value is -4.02. The highest BCUT2D eigenvalue weighted by Gasteiger charge is 2.20. The summed E-state index contributed by atoms with van der Waals surface area (Å²) in [5, 5.41) is 16.2. The van der Waals surface area contributed by atoms with E-state index >= 15 is 0 Å². The molecule has 0 aliphatic heterocycles. The quantitative estimate of drug-likeness (QED) is 0.220. The lowest BCUT2D eigenvalue weighted by atomic mass is 10.0. The topological polar surface area (TPSA) is 93.5 Å². The number of nitrogens with zero attached hydrogens (tertiary/aromatic N) is 2. The summed E-state index contributed by atoms with van der Waals surface area (Å²) in [4.78, 5) is 25.5. The Morgan fingerprint density at radius 3 is 2.39 bits per heavy atom. The molecular weight excluding hydrogens is 525 g/mol. The third-order valence-electron chi connectivity index (χ3n) is 6.19. The van der Waals surface area contributed by atoms with Crippen LogP contribution in [-0.4, -0.2) is 26.9 Å². The summed E-state index contributed by atoms with van der Waals surface area (Å²) in [6.07, 6.45) is 0.365. The van der Waals surface area contributed by atoms with Crippen LogP contribution in [0.3, 0.4) is 0 Å². The number of benzene rings is 2. The molecule has 2 aromatic carbocycles. The number of amides is 1. The summed E-state index contributed by atoms with van der Waals surface area (Å²) in [5.74, 6) is -1.07. The van der Waals surface area contributed by atoms with Gasteiger partial charge in [-0.3, -0.25) is 14.8 Å². The van der Waals surface area contributed by atoms with Crippen molar-refractivity contribution in [3.63, 3.8) is 0 Å². The molecule has 7 nitrogen and oxygen atoms in total. The number of aromatic nitrogens is 2. The third kappa shape index (κ3) is 5.18. The number of halogens is 1. The predicted octanol–water partition coefficient (Wildman–Crippen LogP) is 7.41. The summed E-state index contributed by atoms with van der Waals surface area (Å²) in [5.41, 5.74) is 3.40. The molecule has 0 radical (unpaired) electrons. The van der Waals surface area contributed by atoms with Crippen molar-refractivity contribution in [3.05, 3.63) is 83.3 Å². The molecule has 5 rings (SSSR count). The zero-order valence-corrected chi connectivity index (χ0v) is 22.5. The number of carboxylic acids is 1. The molecular formula is C28H24FN3O4S2. The largest absolute Gasteiger partial charge is 0.481 e. The van der Waals surface area contributed by atoms with Gasteiger partial charge in [0.05, 0.1) is 18.2 Å². The minimum absolute atomic E-state index is 0.174. The van der Waals surface area contributed by atoms with Gasteiger partial charge in [0.15, 0.2) is 0 Å². The van der Waals surface area contributed by atoms with E-state index < -0.39 is 24.0 Å². The fraction of sp³-hybridized carbons (Fsp3) is 0.179. The van der Waals surface area contributed by atoms with E-state index in [0.29, 0.717) is 5.82 Å². The second-order valence-electron chi connectivity index (χ2n) is 8.89. The van der Waals surface area contributed by atoms with Crippen molar-refractivity contribution in [1.82, 2.24) is 9.78 Å². The third-order valence-corrected chi connectivity index (χ3v) is 8.55. The van der Waals surface area contributed by atoms with Gasteiger partial charge in [0.1, 0.15) is 17.7 Å². The van der Waals surface area contributed by atoms with Gasteiger partial charge in [-0.1, -0.05) is 36.4 Å². The van der Waals surface area contributed by atoms with E-state index in [4.69, 9.17) is 9.84 Å². The molecule has 10 heteroatoms. The van der Waals surface area contributed by atoms with Crippen LogP contribution in [0.15, 0.2) is 60.8 Å². The number of ether oxygens (including phenoxy) is 1. The Morgan fingerprint density at radius 2 is 1.74 bits per heavy atom. The van der Waals surface area contributed by atoms with Crippen molar-refractivity contribution in [2.24, 2.45) is 7.05 Å². The summed E-state index contributed by atoms with van der Waals surface area (Å²) in [7, 11) is 1.75. The van der Waals surface area contributed by atoms with Crippen LogP contribution in [0.2, 0.25) is 0 Å². The number of hydrogen-bond donors (Lipinski definition) is 2. The van der Waals surface area contributed by atoms with E-state index in [1.165, 1.54) is 17.4 Å². The van der Waals surface area contributed by atoms with E-state index in [1.54, 1.807) is 35.3 Å². The highest BCUT2D eigenvalue weighted by Crippen LogP contribution is 2.44. The number of aryl methyl sites for hydroxylation is 2. The molecule has 3 heterocycles. The molecule has 2 N–H and O–H groups in total. The summed E-state index contributed by atoms with van der Waals surface area (Å²) in [6, 6.07) is 16.5. The van der Waals surface area contributed by atoms with Crippen LogP contribution in [0.5, 0.6) is 0 Å². The summed E-state index contributed by atoms with van der Waals surface area (Å²) < 4.78 is 23.8. The van der Waals surface area contributed by atoms with Crippen LogP contribution in [-0.2, 0) is 23.0 Å². The molecule has 0 saturated heterocycles. The maximum Gasteiger partial charge on any atom is 0.413 e. The highest BCUT2D eigenvalue weighted by molar-refractivity contribution is 7.31. The van der Waals surface area contributed by atoms with Crippen molar-refractivity contribution < 1.29 is 23.8 Å². The lowest BCUT2D eigenvalue weighted by Gasteiger charge is -2.14. The highest BCUT2D eigenvalue weighted by atomic mass is 32.1. The Kier molecular flexibility index (Phi) is 7.00. The minimum Gasteiger partial charge on any atom is -0.481 e. The smallest absolute Gasteiger partial charge is 0.413 e. The first-order valence-corrected chi connectivity index (χ1v) is 13.4. The Bertz CT molecular complexity index is 1620. The van der Waals surface area contributed by atoms with Crippen LogP contribution >= 0.6 is 22.7 Å². The first-order chi connectivity index (χ1) is 18.2. The average Bonchev–Trinajstić information content (AvgIpc) is 3.55.